The average molecular weight is 316 g/mol. The van der Waals surface area contributed by atoms with Crippen LogP contribution in [-0.4, -0.2) is 33.9 Å². The fraction of sp³-hybridized carbons (Fsp3) is 0.643. The normalized spacial score (nSPS) is 19.1. The Labute approximate surface area is 126 Å². The second-order valence-electron chi connectivity index (χ2n) is 6.00. The van der Waals surface area contributed by atoms with E-state index in [1.54, 1.807) is 6.92 Å². The van der Waals surface area contributed by atoms with Crippen molar-refractivity contribution in [2.24, 2.45) is 11.1 Å². The standard InChI is InChI=1S/C14H19F3N4O/c1-9-10(7-19-12(20-9)14(15,16)17)8-21-5-3-13(2,4-6-21)11(18)22/h7H,3-6,8H2,1-2H3,(H2,18,22). The molecule has 0 aliphatic carbocycles. The first kappa shape index (κ1) is 16.7. The number of alkyl halides is 3. The van der Waals surface area contributed by atoms with Gasteiger partial charge in [0.25, 0.3) is 0 Å². The van der Waals surface area contributed by atoms with Crippen LogP contribution in [0.4, 0.5) is 13.2 Å². The van der Waals surface area contributed by atoms with E-state index in [0.717, 1.165) is 0 Å². The highest BCUT2D eigenvalue weighted by Gasteiger charge is 2.36. The minimum atomic E-state index is -4.53. The minimum Gasteiger partial charge on any atom is -0.369 e. The van der Waals surface area contributed by atoms with Crippen molar-refractivity contribution in [1.29, 1.82) is 0 Å². The van der Waals surface area contributed by atoms with E-state index in [0.29, 0.717) is 43.7 Å². The largest absolute Gasteiger partial charge is 0.451 e. The second-order valence-corrected chi connectivity index (χ2v) is 6.00. The van der Waals surface area contributed by atoms with Gasteiger partial charge in [-0.15, -0.1) is 0 Å². The molecule has 1 saturated heterocycles. The van der Waals surface area contributed by atoms with E-state index in [4.69, 9.17) is 5.73 Å². The zero-order valence-corrected chi connectivity index (χ0v) is 12.6. The molecule has 0 aromatic carbocycles. The van der Waals surface area contributed by atoms with Gasteiger partial charge in [0.05, 0.1) is 0 Å². The van der Waals surface area contributed by atoms with Crippen molar-refractivity contribution < 1.29 is 18.0 Å². The van der Waals surface area contributed by atoms with Gasteiger partial charge >= 0.3 is 6.18 Å². The molecule has 0 saturated carbocycles. The van der Waals surface area contributed by atoms with Crippen molar-refractivity contribution in [2.45, 2.75) is 39.4 Å². The summed E-state index contributed by atoms with van der Waals surface area (Å²) in [6, 6.07) is 0. The predicted molar refractivity (Wildman–Crippen MR) is 73.6 cm³/mol. The van der Waals surface area contributed by atoms with Gasteiger partial charge in [-0.25, -0.2) is 9.97 Å². The number of likely N-dealkylation sites (tertiary alicyclic amines) is 1. The number of hydrogen-bond acceptors (Lipinski definition) is 4. The molecule has 0 radical (unpaired) electrons. The second kappa shape index (κ2) is 5.83. The number of nitrogens with zero attached hydrogens (tertiary/aromatic N) is 3. The molecule has 5 nitrogen and oxygen atoms in total. The van der Waals surface area contributed by atoms with Crippen LogP contribution in [0.15, 0.2) is 6.20 Å². The molecule has 0 bridgehead atoms. The first-order valence-electron chi connectivity index (χ1n) is 7.04. The molecule has 0 atom stereocenters. The highest BCUT2D eigenvalue weighted by molar-refractivity contribution is 5.80. The van der Waals surface area contributed by atoms with Crippen molar-refractivity contribution in [3.8, 4) is 0 Å². The van der Waals surface area contributed by atoms with Gasteiger partial charge < -0.3 is 5.73 Å². The van der Waals surface area contributed by atoms with E-state index in [9.17, 15) is 18.0 Å². The van der Waals surface area contributed by atoms with Gasteiger partial charge in [-0.2, -0.15) is 13.2 Å². The minimum absolute atomic E-state index is 0.304. The van der Waals surface area contributed by atoms with E-state index in [1.165, 1.54) is 6.20 Å². The third-order valence-electron chi connectivity index (χ3n) is 4.28. The zero-order chi connectivity index (χ0) is 16.5. The molecular weight excluding hydrogens is 297 g/mol. The maximum atomic E-state index is 12.5. The first-order chi connectivity index (χ1) is 10.1. The summed E-state index contributed by atoms with van der Waals surface area (Å²) < 4.78 is 37.6. The highest BCUT2D eigenvalue weighted by Crippen LogP contribution is 2.31. The number of carbonyl (C=O) groups excluding carboxylic acids is 1. The molecule has 1 fully saturated rings. The lowest BCUT2D eigenvalue weighted by molar-refractivity contribution is -0.145. The molecule has 2 N–H and O–H groups in total. The van der Waals surface area contributed by atoms with Gasteiger partial charge in [0.1, 0.15) is 0 Å². The Bertz CT molecular complexity index is 566. The van der Waals surface area contributed by atoms with E-state index in [-0.39, 0.29) is 5.91 Å². The lowest BCUT2D eigenvalue weighted by Crippen LogP contribution is -2.45. The van der Waals surface area contributed by atoms with Crippen LogP contribution in [0.1, 0.15) is 36.8 Å². The number of rotatable bonds is 3. The van der Waals surface area contributed by atoms with Crippen LogP contribution in [0.2, 0.25) is 0 Å². The number of nitrogens with two attached hydrogens (primary N) is 1. The maximum absolute atomic E-state index is 12.5. The molecule has 1 amide bonds. The molecule has 1 aromatic rings. The van der Waals surface area contributed by atoms with Gasteiger partial charge in [0, 0.05) is 29.4 Å². The molecule has 122 valence electrons. The summed E-state index contributed by atoms with van der Waals surface area (Å²) in [5.41, 5.74) is 5.89. The van der Waals surface area contributed by atoms with Crippen LogP contribution in [0.3, 0.4) is 0 Å². The maximum Gasteiger partial charge on any atom is 0.451 e. The zero-order valence-electron chi connectivity index (χ0n) is 12.6. The summed E-state index contributed by atoms with van der Waals surface area (Å²) in [6.45, 7) is 5.20. The smallest absolute Gasteiger partial charge is 0.369 e. The number of piperidine rings is 1. The van der Waals surface area contributed by atoms with Crippen LogP contribution >= 0.6 is 0 Å². The highest BCUT2D eigenvalue weighted by atomic mass is 19.4. The topological polar surface area (TPSA) is 72.1 Å². The summed E-state index contributed by atoms with van der Waals surface area (Å²) >= 11 is 0. The van der Waals surface area contributed by atoms with Crippen LogP contribution in [0.25, 0.3) is 0 Å². The third-order valence-corrected chi connectivity index (χ3v) is 4.28. The van der Waals surface area contributed by atoms with Crippen molar-refractivity contribution in [1.82, 2.24) is 14.9 Å². The lowest BCUT2D eigenvalue weighted by atomic mass is 9.80. The van der Waals surface area contributed by atoms with Crippen molar-refractivity contribution in [2.75, 3.05) is 13.1 Å². The Morgan fingerprint density at radius 1 is 1.41 bits per heavy atom. The quantitative estimate of drug-likeness (QED) is 0.924. The molecule has 8 heteroatoms. The van der Waals surface area contributed by atoms with E-state index < -0.39 is 17.4 Å². The first-order valence-corrected chi connectivity index (χ1v) is 7.04. The predicted octanol–water partition coefficient (Wildman–Crippen LogP) is 1.89. The number of amides is 1. The van der Waals surface area contributed by atoms with E-state index >= 15 is 0 Å². The summed E-state index contributed by atoms with van der Waals surface area (Å²) in [6.07, 6.45) is -2.02. The molecule has 2 rings (SSSR count). The fourth-order valence-electron chi connectivity index (χ4n) is 2.48. The van der Waals surface area contributed by atoms with E-state index in [2.05, 4.69) is 14.9 Å². The average Bonchev–Trinajstić information content (AvgIpc) is 2.42. The number of carbonyl (C=O) groups is 1. The molecule has 1 aliphatic rings. The van der Waals surface area contributed by atoms with Crippen LogP contribution in [0, 0.1) is 12.3 Å². The lowest BCUT2D eigenvalue weighted by Gasteiger charge is -2.37. The molecule has 22 heavy (non-hydrogen) atoms. The molecule has 0 unspecified atom stereocenters. The number of hydrogen-bond donors (Lipinski definition) is 1. The van der Waals surface area contributed by atoms with Crippen LogP contribution < -0.4 is 5.73 Å². The molecule has 0 spiro atoms. The van der Waals surface area contributed by atoms with Crippen LogP contribution in [0.5, 0.6) is 0 Å². The summed E-state index contributed by atoms with van der Waals surface area (Å²) in [5.74, 6) is -1.42. The van der Waals surface area contributed by atoms with Crippen molar-refractivity contribution in [3.63, 3.8) is 0 Å². The monoisotopic (exact) mass is 316 g/mol. The molecule has 2 heterocycles. The third kappa shape index (κ3) is 3.55. The number of primary amides is 1. The Morgan fingerprint density at radius 3 is 2.45 bits per heavy atom. The van der Waals surface area contributed by atoms with E-state index in [1.807, 2.05) is 6.92 Å². The Morgan fingerprint density at radius 2 is 2.00 bits per heavy atom. The van der Waals surface area contributed by atoms with Gasteiger partial charge in [-0.1, -0.05) is 6.92 Å². The van der Waals surface area contributed by atoms with Gasteiger partial charge in [0.2, 0.25) is 11.7 Å². The van der Waals surface area contributed by atoms with Crippen molar-refractivity contribution in [3.05, 3.63) is 23.3 Å². The summed E-state index contributed by atoms with van der Waals surface area (Å²) in [5, 5.41) is 0. The molecule has 1 aromatic heterocycles. The number of halogens is 3. The van der Waals surface area contributed by atoms with Gasteiger partial charge in [-0.05, 0) is 32.9 Å². The number of aryl methyl sites for hydroxylation is 1. The van der Waals surface area contributed by atoms with Crippen LogP contribution in [-0.2, 0) is 17.5 Å². The fourth-order valence-corrected chi connectivity index (χ4v) is 2.48. The molecule has 1 aliphatic heterocycles. The SMILES string of the molecule is Cc1nc(C(F)(F)F)ncc1CN1CCC(C)(C(N)=O)CC1. The number of aromatic nitrogens is 2. The Balaban J connectivity index is 2.03. The molecular formula is C14H19F3N4O. The van der Waals surface area contributed by atoms with Gasteiger partial charge in [-0.3, -0.25) is 9.69 Å². The Hall–Kier alpha value is -1.70. The van der Waals surface area contributed by atoms with Gasteiger partial charge in [0.15, 0.2) is 0 Å². The summed E-state index contributed by atoms with van der Waals surface area (Å²) in [7, 11) is 0. The Kier molecular flexibility index (Phi) is 4.42. The summed E-state index contributed by atoms with van der Waals surface area (Å²) in [4.78, 5) is 20.4. The van der Waals surface area contributed by atoms with Crippen molar-refractivity contribution >= 4 is 5.91 Å².